The minimum atomic E-state index is 0.695. The minimum absolute atomic E-state index is 0.695. The highest BCUT2D eigenvalue weighted by atomic mass is 15.1. The van der Waals surface area contributed by atoms with Crippen LogP contribution in [0.5, 0.6) is 0 Å². The normalized spacial score (nSPS) is 11.6. The van der Waals surface area contributed by atoms with Crippen molar-refractivity contribution in [3.05, 3.63) is 401 Å². The first kappa shape index (κ1) is 65.1. The molecule has 0 fully saturated rings. The van der Waals surface area contributed by atoms with Crippen molar-refractivity contribution >= 4 is 87.5 Å². The van der Waals surface area contributed by atoms with Gasteiger partial charge in [0.1, 0.15) is 11.3 Å². The zero-order valence-electron chi connectivity index (χ0n) is 60.6. The Kier molecular flexibility index (Phi) is 16.0. The molecule has 0 bridgehead atoms. The molecule has 0 amide bonds. The second-order valence-corrected chi connectivity index (χ2v) is 28.1. The summed E-state index contributed by atoms with van der Waals surface area (Å²) in [6, 6.07) is 137. The van der Waals surface area contributed by atoms with Crippen LogP contribution in [-0.2, 0) is 0 Å². The fourth-order valence-corrected chi connectivity index (χ4v) is 16.5. The van der Waals surface area contributed by atoms with Gasteiger partial charge in [0.15, 0.2) is 11.6 Å². The molecule has 22 rings (SSSR count). The number of pyridine rings is 2. The van der Waals surface area contributed by atoms with Crippen molar-refractivity contribution in [2.75, 3.05) is 0 Å². The molecular formula is C102H66N10. The van der Waals surface area contributed by atoms with Crippen LogP contribution in [0.2, 0.25) is 0 Å². The summed E-state index contributed by atoms with van der Waals surface area (Å²) in [5, 5.41) is 9.51. The summed E-state index contributed by atoms with van der Waals surface area (Å²) in [6.45, 7) is 0. The van der Waals surface area contributed by atoms with Crippen molar-refractivity contribution in [3.8, 4) is 113 Å². The van der Waals surface area contributed by atoms with Gasteiger partial charge in [0.05, 0.1) is 55.9 Å². The largest absolute Gasteiger partial charge is 0.309 e. The first-order valence-electron chi connectivity index (χ1n) is 37.7. The Morgan fingerprint density at radius 2 is 0.473 bits per heavy atom. The van der Waals surface area contributed by atoms with E-state index in [1.54, 1.807) is 0 Å². The summed E-state index contributed by atoms with van der Waals surface area (Å²) in [6.07, 6.45) is 3.75. The lowest BCUT2D eigenvalue weighted by atomic mass is 9.98. The SMILES string of the molecule is c1ccc(-c2cc(-c3ccc(-n4c5ccccc5c5c(-c6ccc7c(c6)c6cccnc6n7-c6ccccc6)cccc54)cc3)nc(-c3ccccc3)n2)cc1.c1ccc(-c2cc(-c3ccccc3)nc(-c3ccc(-n4c5ccccc5c5c(-c6ccc7c(c6)c6cccnc6n7-c6ccccc6)cccc54)cc3)n2)cc1. The smallest absolute Gasteiger partial charge is 0.160 e. The number of benzene rings is 14. The molecule has 112 heavy (non-hydrogen) atoms. The lowest BCUT2D eigenvalue weighted by Gasteiger charge is -2.12. The summed E-state index contributed by atoms with van der Waals surface area (Å²) >= 11 is 0. The predicted molar refractivity (Wildman–Crippen MR) is 460 cm³/mol. The number of nitrogens with zero attached hydrogens (tertiary/aromatic N) is 10. The van der Waals surface area contributed by atoms with Crippen molar-refractivity contribution in [1.29, 1.82) is 0 Å². The third-order valence-corrected chi connectivity index (χ3v) is 21.6. The molecule has 0 N–H and O–H groups in total. The second-order valence-electron chi connectivity index (χ2n) is 28.1. The Morgan fingerprint density at radius 3 is 0.875 bits per heavy atom. The van der Waals surface area contributed by atoms with Crippen molar-refractivity contribution < 1.29 is 0 Å². The average molecular weight is 1430 g/mol. The third-order valence-electron chi connectivity index (χ3n) is 21.6. The zero-order valence-corrected chi connectivity index (χ0v) is 60.6. The quantitative estimate of drug-likeness (QED) is 0.121. The molecule has 0 aliphatic rings. The van der Waals surface area contributed by atoms with Gasteiger partial charge in [0.2, 0.25) is 0 Å². The van der Waals surface area contributed by atoms with Gasteiger partial charge < -0.3 is 9.13 Å². The van der Waals surface area contributed by atoms with Crippen molar-refractivity contribution in [3.63, 3.8) is 0 Å². The van der Waals surface area contributed by atoms with Crippen LogP contribution in [-0.4, -0.2) is 48.2 Å². The molecule has 0 saturated heterocycles. The Labute approximate surface area is 645 Å². The Balaban J connectivity index is 0.000000141. The van der Waals surface area contributed by atoms with Crippen LogP contribution in [0.15, 0.2) is 401 Å². The van der Waals surface area contributed by atoms with Crippen LogP contribution in [0.4, 0.5) is 0 Å². The number of para-hydroxylation sites is 4. The molecule has 8 heterocycles. The number of fused-ring (bicyclic) bond motifs is 12. The Hall–Kier alpha value is -15.3. The molecule has 10 nitrogen and oxygen atoms in total. The first-order valence-corrected chi connectivity index (χ1v) is 37.7. The maximum atomic E-state index is 5.07. The Morgan fingerprint density at radius 1 is 0.179 bits per heavy atom. The van der Waals surface area contributed by atoms with Crippen LogP contribution in [0, 0.1) is 0 Å². The molecule has 524 valence electrons. The van der Waals surface area contributed by atoms with E-state index in [1.807, 2.05) is 97.3 Å². The minimum Gasteiger partial charge on any atom is -0.309 e. The fourth-order valence-electron chi connectivity index (χ4n) is 16.5. The molecule has 0 spiro atoms. The van der Waals surface area contributed by atoms with Crippen LogP contribution in [0.25, 0.3) is 200 Å². The molecule has 0 aliphatic heterocycles. The highest BCUT2D eigenvalue weighted by Gasteiger charge is 2.23. The molecule has 0 aliphatic carbocycles. The van der Waals surface area contributed by atoms with Crippen molar-refractivity contribution in [2.45, 2.75) is 0 Å². The van der Waals surface area contributed by atoms with Gasteiger partial charge in [-0.05, 0) is 168 Å². The zero-order chi connectivity index (χ0) is 74.0. The van der Waals surface area contributed by atoms with E-state index in [-0.39, 0.29) is 0 Å². The molecular weight excluding hydrogens is 1370 g/mol. The van der Waals surface area contributed by atoms with Gasteiger partial charge in [-0.3, -0.25) is 9.13 Å². The van der Waals surface area contributed by atoms with Crippen LogP contribution in [0.1, 0.15) is 0 Å². The summed E-state index contributed by atoms with van der Waals surface area (Å²) in [4.78, 5) is 29.9. The van der Waals surface area contributed by atoms with Crippen LogP contribution in [0.3, 0.4) is 0 Å². The maximum Gasteiger partial charge on any atom is 0.160 e. The highest BCUT2D eigenvalue weighted by molar-refractivity contribution is 6.19. The molecule has 0 saturated carbocycles. The van der Waals surface area contributed by atoms with E-state index in [0.717, 1.165) is 134 Å². The number of aromatic nitrogens is 10. The fraction of sp³-hybridized carbons (Fsp3) is 0. The number of hydrogen-bond acceptors (Lipinski definition) is 6. The van der Waals surface area contributed by atoms with Crippen molar-refractivity contribution in [1.82, 2.24) is 48.2 Å². The lowest BCUT2D eigenvalue weighted by molar-refractivity contribution is 1.14. The lowest BCUT2D eigenvalue weighted by Crippen LogP contribution is -1.97. The van der Waals surface area contributed by atoms with E-state index in [4.69, 9.17) is 29.9 Å². The molecule has 14 aromatic carbocycles. The first-order chi connectivity index (χ1) is 55.6. The summed E-state index contributed by atoms with van der Waals surface area (Å²) in [5.74, 6) is 1.40. The molecule has 0 unspecified atom stereocenters. The molecule has 8 aromatic heterocycles. The highest BCUT2D eigenvalue weighted by Crippen LogP contribution is 2.45. The van der Waals surface area contributed by atoms with Gasteiger partial charge >= 0.3 is 0 Å². The number of rotatable bonds is 12. The van der Waals surface area contributed by atoms with Gasteiger partial charge in [-0.1, -0.05) is 243 Å². The van der Waals surface area contributed by atoms with E-state index >= 15 is 0 Å². The van der Waals surface area contributed by atoms with Gasteiger partial charge in [-0.2, -0.15) is 0 Å². The van der Waals surface area contributed by atoms with E-state index in [1.165, 1.54) is 54.6 Å². The monoisotopic (exact) mass is 1430 g/mol. The third kappa shape index (κ3) is 11.4. The predicted octanol–water partition coefficient (Wildman–Crippen LogP) is 25.5. The van der Waals surface area contributed by atoms with Crippen LogP contribution < -0.4 is 0 Å². The van der Waals surface area contributed by atoms with E-state index < -0.39 is 0 Å². The number of hydrogen-bond donors (Lipinski definition) is 0. The van der Waals surface area contributed by atoms with Crippen LogP contribution >= 0.6 is 0 Å². The molecule has 0 radical (unpaired) electrons. The standard InChI is InChI=1S/2C51H33N5/c1-4-14-34(15-5-1)44-33-45(54-50(53-44)36-16-6-2-7-17-36)35-25-28-39(29-26-35)55-46-23-11-10-20-42(46)49-40(21-12-24-48(49)55)37-27-30-47-43(32-37)41-22-13-31-52-51(41)56(47)38-18-8-3-9-19-38;1-4-14-34(15-5-1)44-33-45(35-16-6-2-7-17-35)54-50(53-44)36-25-28-39(29-26-36)55-46-23-11-10-20-42(46)49-40(21-12-24-48(49)55)37-27-30-47-43(32-37)41-22-13-31-52-51(41)56(47)38-18-8-3-9-19-38/h2*1-33H. The van der Waals surface area contributed by atoms with Gasteiger partial charge in [-0.25, -0.2) is 29.9 Å². The van der Waals surface area contributed by atoms with E-state index in [0.29, 0.717) is 11.6 Å². The molecule has 22 aromatic rings. The average Bonchev–Trinajstić information content (AvgIpc) is 1.58. The maximum absolute atomic E-state index is 5.07. The van der Waals surface area contributed by atoms with Gasteiger partial charge in [0, 0.05) is 112 Å². The molecule has 0 atom stereocenters. The Bertz CT molecular complexity index is 6760. The van der Waals surface area contributed by atoms with Gasteiger partial charge in [0.25, 0.3) is 0 Å². The van der Waals surface area contributed by atoms with E-state index in [2.05, 4.69) is 322 Å². The van der Waals surface area contributed by atoms with E-state index in [9.17, 15) is 0 Å². The summed E-state index contributed by atoms with van der Waals surface area (Å²) in [5.41, 5.74) is 27.6. The summed E-state index contributed by atoms with van der Waals surface area (Å²) < 4.78 is 9.28. The molecule has 10 heteroatoms. The second kappa shape index (κ2) is 27.5. The topological polar surface area (TPSA) is 97.1 Å². The van der Waals surface area contributed by atoms with Crippen molar-refractivity contribution in [2.24, 2.45) is 0 Å². The van der Waals surface area contributed by atoms with Gasteiger partial charge in [-0.15, -0.1) is 0 Å². The summed E-state index contributed by atoms with van der Waals surface area (Å²) in [7, 11) is 0.